The highest BCUT2D eigenvalue weighted by molar-refractivity contribution is 5.98. The predicted octanol–water partition coefficient (Wildman–Crippen LogP) is 0.959. The minimum atomic E-state index is -0.372. The summed E-state index contributed by atoms with van der Waals surface area (Å²) in [6.07, 6.45) is 0.953. The molecule has 4 nitrogen and oxygen atoms in total. The second-order valence-electron chi connectivity index (χ2n) is 4.76. The lowest BCUT2D eigenvalue weighted by Gasteiger charge is -2.37. The summed E-state index contributed by atoms with van der Waals surface area (Å²) < 4.78 is 0. The van der Waals surface area contributed by atoms with E-state index in [0.717, 1.165) is 25.2 Å². The van der Waals surface area contributed by atoms with Gasteiger partial charge < -0.3 is 16.4 Å². The van der Waals surface area contributed by atoms with Crippen LogP contribution in [0.2, 0.25) is 0 Å². The molecule has 1 aliphatic rings. The summed E-state index contributed by atoms with van der Waals surface area (Å²) in [6.45, 7) is 3.91. The zero-order valence-electron chi connectivity index (χ0n) is 10.1. The Hall–Kier alpha value is -1.55. The van der Waals surface area contributed by atoms with Gasteiger partial charge in [0.05, 0.1) is 5.56 Å². The fraction of sp³-hybridized carbons (Fsp3) is 0.462. The van der Waals surface area contributed by atoms with Crippen LogP contribution >= 0.6 is 0 Å². The third-order valence-electron chi connectivity index (χ3n) is 3.48. The Kier molecular flexibility index (Phi) is 3.33. The molecule has 1 amide bonds. The van der Waals surface area contributed by atoms with Crippen LogP contribution < -0.4 is 16.4 Å². The van der Waals surface area contributed by atoms with Crippen LogP contribution in [0.15, 0.2) is 24.3 Å². The van der Waals surface area contributed by atoms with E-state index in [1.54, 1.807) is 6.07 Å². The van der Waals surface area contributed by atoms with E-state index in [1.165, 1.54) is 0 Å². The maximum atomic E-state index is 11.4. The van der Waals surface area contributed by atoms with Crippen molar-refractivity contribution in [3.63, 3.8) is 0 Å². The maximum Gasteiger partial charge on any atom is 0.250 e. The first kappa shape index (κ1) is 11.9. The monoisotopic (exact) mass is 233 g/mol. The molecule has 2 rings (SSSR count). The summed E-state index contributed by atoms with van der Waals surface area (Å²) >= 11 is 0. The standard InChI is InChI=1S/C13H19N3O/c1-9-8-16(7-6-11(9)14)12-5-3-2-4-10(12)13(15)17/h2-5,9,11H,6-8,14H2,1H3,(H2,15,17). The number of para-hydroxylation sites is 1. The van der Waals surface area contributed by atoms with Crippen molar-refractivity contribution in [2.45, 2.75) is 19.4 Å². The summed E-state index contributed by atoms with van der Waals surface area (Å²) in [6, 6.07) is 7.75. The van der Waals surface area contributed by atoms with Crippen LogP contribution in [0.1, 0.15) is 23.7 Å². The molecule has 4 heteroatoms. The highest BCUT2D eigenvalue weighted by Crippen LogP contribution is 2.25. The molecule has 0 bridgehead atoms. The van der Waals surface area contributed by atoms with Crippen molar-refractivity contribution in [2.24, 2.45) is 17.4 Å². The topological polar surface area (TPSA) is 72.3 Å². The Balaban J connectivity index is 2.25. The van der Waals surface area contributed by atoms with E-state index in [4.69, 9.17) is 11.5 Å². The predicted molar refractivity (Wildman–Crippen MR) is 68.9 cm³/mol. The van der Waals surface area contributed by atoms with Gasteiger partial charge >= 0.3 is 0 Å². The van der Waals surface area contributed by atoms with Crippen LogP contribution in [0, 0.1) is 5.92 Å². The van der Waals surface area contributed by atoms with Crippen molar-refractivity contribution in [2.75, 3.05) is 18.0 Å². The molecule has 0 radical (unpaired) electrons. The quantitative estimate of drug-likeness (QED) is 0.799. The number of piperidine rings is 1. The molecule has 2 atom stereocenters. The van der Waals surface area contributed by atoms with Gasteiger partial charge in [0.2, 0.25) is 0 Å². The Morgan fingerprint density at radius 1 is 1.41 bits per heavy atom. The van der Waals surface area contributed by atoms with Crippen LogP contribution in [0.5, 0.6) is 0 Å². The molecule has 1 heterocycles. The van der Waals surface area contributed by atoms with Gasteiger partial charge in [-0.2, -0.15) is 0 Å². The molecule has 92 valence electrons. The van der Waals surface area contributed by atoms with Crippen LogP contribution in [-0.4, -0.2) is 25.0 Å². The number of amides is 1. The third kappa shape index (κ3) is 2.42. The summed E-state index contributed by atoms with van der Waals surface area (Å²) in [5, 5.41) is 0. The zero-order chi connectivity index (χ0) is 12.4. The lowest BCUT2D eigenvalue weighted by atomic mass is 9.94. The van der Waals surface area contributed by atoms with Crippen molar-refractivity contribution in [1.82, 2.24) is 0 Å². The Morgan fingerprint density at radius 2 is 2.12 bits per heavy atom. The second-order valence-corrected chi connectivity index (χ2v) is 4.76. The number of hydrogen-bond donors (Lipinski definition) is 2. The van der Waals surface area contributed by atoms with Gasteiger partial charge in [0.1, 0.15) is 0 Å². The van der Waals surface area contributed by atoms with E-state index in [-0.39, 0.29) is 11.9 Å². The molecule has 0 aromatic heterocycles. The van der Waals surface area contributed by atoms with Gasteiger partial charge in [0.15, 0.2) is 0 Å². The molecule has 0 saturated carbocycles. The van der Waals surface area contributed by atoms with Gasteiger partial charge in [-0.05, 0) is 24.5 Å². The minimum absolute atomic E-state index is 0.256. The summed E-state index contributed by atoms with van der Waals surface area (Å²) in [5.41, 5.74) is 12.9. The van der Waals surface area contributed by atoms with Gasteiger partial charge in [0, 0.05) is 24.8 Å². The molecule has 1 aliphatic heterocycles. The first-order valence-electron chi connectivity index (χ1n) is 5.99. The van der Waals surface area contributed by atoms with Gasteiger partial charge in [-0.25, -0.2) is 0 Å². The van der Waals surface area contributed by atoms with Crippen molar-refractivity contribution in [3.8, 4) is 0 Å². The van der Waals surface area contributed by atoms with Gasteiger partial charge in [-0.3, -0.25) is 4.79 Å². The number of anilines is 1. The highest BCUT2D eigenvalue weighted by Gasteiger charge is 2.25. The van der Waals surface area contributed by atoms with Gasteiger partial charge in [-0.1, -0.05) is 19.1 Å². The van der Waals surface area contributed by atoms with Crippen molar-refractivity contribution in [3.05, 3.63) is 29.8 Å². The summed E-state index contributed by atoms with van der Waals surface area (Å²) in [4.78, 5) is 13.6. The molecule has 1 saturated heterocycles. The van der Waals surface area contributed by atoms with Gasteiger partial charge in [-0.15, -0.1) is 0 Å². The van der Waals surface area contributed by atoms with E-state index in [0.29, 0.717) is 11.5 Å². The number of hydrogen-bond acceptors (Lipinski definition) is 3. The number of nitrogens with zero attached hydrogens (tertiary/aromatic N) is 1. The molecular formula is C13H19N3O. The summed E-state index contributed by atoms with van der Waals surface area (Å²) in [7, 11) is 0. The summed E-state index contributed by atoms with van der Waals surface area (Å²) in [5.74, 6) is 0.0628. The molecular weight excluding hydrogens is 214 g/mol. The fourth-order valence-electron chi connectivity index (χ4n) is 2.34. The second kappa shape index (κ2) is 4.75. The number of rotatable bonds is 2. The number of primary amides is 1. The molecule has 1 fully saturated rings. The Labute approximate surface area is 102 Å². The zero-order valence-corrected chi connectivity index (χ0v) is 10.1. The highest BCUT2D eigenvalue weighted by atomic mass is 16.1. The van der Waals surface area contributed by atoms with E-state index in [9.17, 15) is 4.79 Å². The largest absolute Gasteiger partial charge is 0.371 e. The lowest BCUT2D eigenvalue weighted by Crippen LogP contribution is -2.46. The van der Waals surface area contributed by atoms with Gasteiger partial charge in [0.25, 0.3) is 5.91 Å². The number of carbonyl (C=O) groups is 1. The lowest BCUT2D eigenvalue weighted by molar-refractivity contribution is 0.100. The van der Waals surface area contributed by atoms with E-state index in [2.05, 4.69) is 11.8 Å². The van der Waals surface area contributed by atoms with Crippen molar-refractivity contribution >= 4 is 11.6 Å². The Bertz CT molecular complexity index is 419. The molecule has 1 aromatic rings. The van der Waals surface area contributed by atoms with Crippen molar-refractivity contribution in [1.29, 1.82) is 0 Å². The first-order chi connectivity index (χ1) is 8.09. The van der Waals surface area contributed by atoms with Crippen LogP contribution in [0.4, 0.5) is 5.69 Å². The van der Waals surface area contributed by atoms with Crippen molar-refractivity contribution < 1.29 is 4.79 Å². The first-order valence-corrected chi connectivity index (χ1v) is 5.99. The van der Waals surface area contributed by atoms with Crippen LogP contribution in [0.25, 0.3) is 0 Å². The molecule has 17 heavy (non-hydrogen) atoms. The third-order valence-corrected chi connectivity index (χ3v) is 3.48. The van der Waals surface area contributed by atoms with E-state index in [1.807, 2.05) is 18.2 Å². The smallest absolute Gasteiger partial charge is 0.250 e. The number of benzene rings is 1. The average molecular weight is 233 g/mol. The SMILES string of the molecule is CC1CN(c2ccccc2C(N)=O)CCC1N. The van der Waals surface area contributed by atoms with Crippen LogP contribution in [0.3, 0.4) is 0 Å². The van der Waals surface area contributed by atoms with E-state index < -0.39 is 0 Å². The molecule has 2 unspecified atom stereocenters. The minimum Gasteiger partial charge on any atom is -0.371 e. The molecule has 4 N–H and O–H groups in total. The maximum absolute atomic E-state index is 11.4. The van der Waals surface area contributed by atoms with E-state index >= 15 is 0 Å². The fourth-order valence-corrected chi connectivity index (χ4v) is 2.34. The number of nitrogens with two attached hydrogens (primary N) is 2. The molecule has 0 aliphatic carbocycles. The molecule has 1 aromatic carbocycles. The normalized spacial score (nSPS) is 24.7. The molecule has 0 spiro atoms. The Morgan fingerprint density at radius 3 is 2.76 bits per heavy atom. The number of carbonyl (C=O) groups excluding carboxylic acids is 1. The average Bonchev–Trinajstić information content (AvgIpc) is 2.32. The van der Waals surface area contributed by atoms with Crippen LogP contribution in [-0.2, 0) is 0 Å².